The first kappa shape index (κ1) is 12.2. The summed E-state index contributed by atoms with van der Waals surface area (Å²) >= 11 is 0. The van der Waals surface area contributed by atoms with E-state index in [2.05, 4.69) is 5.32 Å². The molecule has 0 radical (unpaired) electrons. The van der Waals surface area contributed by atoms with E-state index in [1.54, 1.807) is 6.07 Å². The van der Waals surface area contributed by atoms with Crippen molar-refractivity contribution in [1.82, 2.24) is 0 Å². The molecule has 1 aliphatic rings. The summed E-state index contributed by atoms with van der Waals surface area (Å²) in [6.07, 6.45) is 0. The number of hydrogen-bond acceptors (Lipinski definition) is 4. The lowest BCUT2D eigenvalue weighted by Crippen LogP contribution is -2.23. The van der Waals surface area contributed by atoms with Gasteiger partial charge in [0.05, 0.1) is 11.3 Å². The molecule has 92 valence electrons. The molecule has 1 aliphatic carbocycles. The number of fused-ring (bicyclic) bond motifs is 1. The van der Waals surface area contributed by atoms with Gasteiger partial charge in [0.15, 0.2) is 11.6 Å². The van der Waals surface area contributed by atoms with E-state index in [9.17, 15) is 19.2 Å². The molecule has 0 fully saturated rings. The molecule has 5 heteroatoms. The van der Waals surface area contributed by atoms with E-state index in [0.717, 1.165) is 0 Å². The Kier molecular flexibility index (Phi) is 2.82. The molecule has 0 aliphatic heterocycles. The van der Waals surface area contributed by atoms with Crippen molar-refractivity contribution < 1.29 is 19.2 Å². The third-order valence-corrected chi connectivity index (χ3v) is 2.82. The van der Waals surface area contributed by atoms with E-state index >= 15 is 0 Å². The largest absolute Gasteiger partial charge is 0.326 e. The smallest absolute Gasteiger partial charge is 0.221 e. The number of anilines is 1. The highest BCUT2D eigenvalue weighted by Crippen LogP contribution is 2.32. The number of Topliss-reactive ketones (excluding diaryl/α,β-unsaturated/α-hetero) is 3. The Morgan fingerprint density at radius 3 is 2.33 bits per heavy atom. The summed E-state index contributed by atoms with van der Waals surface area (Å²) < 4.78 is 0. The molecule has 1 aromatic rings. The number of ketones is 3. The predicted octanol–water partition coefficient (Wildman–Crippen LogP) is 1.23. The number of benzene rings is 1. The quantitative estimate of drug-likeness (QED) is 0.794. The molecule has 5 nitrogen and oxygen atoms in total. The van der Waals surface area contributed by atoms with E-state index in [-0.39, 0.29) is 22.7 Å². The molecule has 1 N–H and O–H groups in total. The molecule has 0 unspecified atom stereocenters. The van der Waals surface area contributed by atoms with Gasteiger partial charge in [-0.25, -0.2) is 0 Å². The Labute approximate surface area is 103 Å². The van der Waals surface area contributed by atoms with Crippen molar-refractivity contribution in [2.75, 3.05) is 5.32 Å². The van der Waals surface area contributed by atoms with Crippen LogP contribution in [0.2, 0.25) is 0 Å². The summed E-state index contributed by atoms with van der Waals surface area (Å²) in [4.78, 5) is 46.4. The SMILES string of the molecule is CC(=O)Nc1cccc2c1C(=O)[C@H](C(C)=O)C2=O. The van der Waals surface area contributed by atoms with Gasteiger partial charge < -0.3 is 5.32 Å². The van der Waals surface area contributed by atoms with E-state index < -0.39 is 23.3 Å². The van der Waals surface area contributed by atoms with Gasteiger partial charge in [0.25, 0.3) is 0 Å². The minimum atomic E-state index is -1.25. The number of hydrogen-bond donors (Lipinski definition) is 1. The van der Waals surface area contributed by atoms with Crippen molar-refractivity contribution in [1.29, 1.82) is 0 Å². The highest BCUT2D eigenvalue weighted by atomic mass is 16.2. The second kappa shape index (κ2) is 4.18. The first-order chi connectivity index (χ1) is 8.43. The molecule has 0 saturated heterocycles. The van der Waals surface area contributed by atoms with E-state index in [0.29, 0.717) is 0 Å². The van der Waals surface area contributed by atoms with Crippen molar-refractivity contribution in [2.24, 2.45) is 5.92 Å². The van der Waals surface area contributed by atoms with Crippen molar-refractivity contribution in [3.8, 4) is 0 Å². The molecular weight excluding hydrogens is 234 g/mol. The maximum absolute atomic E-state index is 12.1. The van der Waals surface area contributed by atoms with Crippen LogP contribution in [0.25, 0.3) is 0 Å². The van der Waals surface area contributed by atoms with Crippen LogP contribution in [-0.4, -0.2) is 23.3 Å². The van der Waals surface area contributed by atoms with Crippen LogP contribution in [0.4, 0.5) is 5.69 Å². The fraction of sp³-hybridized carbons (Fsp3) is 0.231. The summed E-state index contributed by atoms with van der Waals surface area (Å²) in [5.74, 6) is -3.10. The number of carbonyl (C=O) groups is 4. The van der Waals surface area contributed by atoms with E-state index in [1.165, 1.54) is 26.0 Å². The van der Waals surface area contributed by atoms with Crippen LogP contribution in [0, 0.1) is 5.92 Å². The molecular formula is C13H11NO4. The van der Waals surface area contributed by atoms with Gasteiger partial charge in [0, 0.05) is 12.5 Å². The van der Waals surface area contributed by atoms with Crippen molar-refractivity contribution in [2.45, 2.75) is 13.8 Å². The van der Waals surface area contributed by atoms with E-state index in [1.807, 2.05) is 0 Å². The van der Waals surface area contributed by atoms with Crippen LogP contribution >= 0.6 is 0 Å². The Balaban J connectivity index is 2.57. The van der Waals surface area contributed by atoms with Crippen molar-refractivity contribution in [3.05, 3.63) is 29.3 Å². The number of nitrogens with one attached hydrogen (secondary N) is 1. The second-order valence-electron chi connectivity index (χ2n) is 4.18. The lowest BCUT2D eigenvalue weighted by atomic mass is 10.00. The topological polar surface area (TPSA) is 80.3 Å². The first-order valence-electron chi connectivity index (χ1n) is 5.43. The van der Waals surface area contributed by atoms with Crippen LogP contribution in [-0.2, 0) is 9.59 Å². The average Bonchev–Trinajstić information content (AvgIpc) is 2.51. The average molecular weight is 245 g/mol. The molecule has 0 bridgehead atoms. The summed E-state index contributed by atoms with van der Waals surface area (Å²) in [5, 5.41) is 2.49. The van der Waals surface area contributed by atoms with Gasteiger partial charge in [-0.05, 0) is 13.0 Å². The standard InChI is InChI=1S/C13H11NO4/c1-6(15)10-12(17)8-4-3-5-9(14-7(2)16)11(8)13(10)18/h3-5,10H,1-2H3,(H,14,16)/t10-/m1/s1. The second-order valence-corrected chi connectivity index (χ2v) is 4.18. The molecule has 0 saturated carbocycles. The zero-order valence-electron chi connectivity index (χ0n) is 9.94. The fourth-order valence-electron chi connectivity index (χ4n) is 2.11. The van der Waals surface area contributed by atoms with Gasteiger partial charge >= 0.3 is 0 Å². The summed E-state index contributed by atoms with van der Waals surface area (Å²) in [5.41, 5.74) is 0.617. The molecule has 1 atom stereocenters. The minimum absolute atomic E-state index is 0.137. The Morgan fingerprint density at radius 2 is 1.78 bits per heavy atom. The summed E-state index contributed by atoms with van der Waals surface area (Å²) in [6, 6.07) is 4.59. The molecule has 1 aromatic carbocycles. The zero-order chi connectivity index (χ0) is 13.4. The highest BCUT2D eigenvalue weighted by Gasteiger charge is 2.42. The normalized spacial score (nSPS) is 17.6. The number of carbonyl (C=O) groups excluding carboxylic acids is 4. The molecule has 0 spiro atoms. The van der Waals surface area contributed by atoms with Gasteiger partial charge in [0.1, 0.15) is 11.7 Å². The number of rotatable bonds is 2. The van der Waals surface area contributed by atoms with Crippen molar-refractivity contribution >= 4 is 28.9 Å². The van der Waals surface area contributed by atoms with Gasteiger partial charge in [-0.3, -0.25) is 19.2 Å². The Hall–Kier alpha value is -2.30. The predicted molar refractivity (Wildman–Crippen MR) is 63.6 cm³/mol. The van der Waals surface area contributed by atoms with Gasteiger partial charge in [-0.15, -0.1) is 0 Å². The molecule has 0 heterocycles. The lowest BCUT2D eigenvalue weighted by molar-refractivity contribution is -0.118. The van der Waals surface area contributed by atoms with Gasteiger partial charge in [0.2, 0.25) is 5.91 Å². The molecule has 18 heavy (non-hydrogen) atoms. The lowest BCUT2D eigenvalue weighted by Gasteiger charge is -2.06. The van der Waals surface area contributed by atoms with Crippen LogP contribution in [0.3, 0.4) is 0 Å². The third-order valence-electron chi connectivity index (χ3n) is 2.82. The Bertz CT molecular complexity index is 589. The highest BCUT2D eigenvalue weighted by molar-refractivity contribution is 6.36. The minimum Gasteiger partial charge on any atom is -0.326 e. The maximum Gasteiger partial charge on any atom is 0.221 e. The number of amides is 1. The van der Waals surface area contributed by atoms with Crippen LogP contribution < -0.4 is 5.32 Å². The van der Waals surface area contributed by atoms with Crippen LogP contribution in [0.5, 0.6) is 0 Å². The monoisotopic (exact) mass is 245 g/mol. The Morgan fingerprint density at radius 1 is 1.11 bits per heavy atom. The van der Waals surface area contributed by atoms with E-state index in [4.69, 9.17) is 0 Å². The summed E-state index contributed by atoms with van der Waals surface area (Å²) in [6.45, 7) is 2.52. The van der Waals surface area contributed by atoms with Crippen LogP contribution in [0.15, 0.2) is 18.2 Å². The molecule has 1 amide bonds. The molecule has 0 aromatic heterocycles. The van der Waals surface area contributed by atoms with Gasteiger partial charge in [-0.2, -0.15) is 0 Å². The zero-order valence-corrected chi connectivity index (χ0v) is 9.94. The summed E-state index contributed by atoms with van der Waals surface area (Å²) in [7, 11) is 0. The third kappa shape index (κ3) is 1.73. The molecule has 2 rings (SSSR count). The van der Waals surface area contributed by atoms with Crippen molar-refractivity contribution in [3.63, 3.8) is 0 Å². The van der Waals surface area contributed by atoms with Crippen LogP contribution in [0.1, 0.15) is 34.6 Å². The fourth-order valence-corrected chi connectivity index (χ4v) is 2.11. The maximum atomic E-state index is 12.1. The first-order valence-corrected chi connectivity index (χ1v) is 5.43. The van der Waals surface area contributed by atoms with Gasteiger partial charge in [-0.1, -0.05) is 12.1 Å².